The summed E-state index contributed by atoms with van der Waals surface area (Å²) in [5.41, 5.74) is 9.29. The van der Waals surface area contributed by atoms with E-state index >= 15 is 9.59 Å². The van der Waals surface area contributed by atoms with E-state index < -0.39 is 5.97 Å². The fourth-order valence-corrected chi connectivity index (χ4v) is 12.3. The Labute approximate surface area is 497 Å². The molecule has 5 aromatic carbocycles. The van der Waals surface area contributed by atoms with E-state index in [1.54, 1.807) is 29.5 Å². The maximum Gasteiger partial charge on any atom is 0.346 e. The Morgan fingerprint density at radius 2 is 0.952 bits per heavy atom. The Balaban J connectivity index is 1.16. The lowest BCUT2D eigenvalue weighted by atomic mass is 9.97. The van der Waals surface area contributed by atoms with E-state index in [0.717, 1.165) is 125 Å². The van der Waals surface area contributed by atoms with Crippen LogP contribution in [0.1, 0.15) is 160 Å². The van der Waals surface area contributed by atoms with Gasteiger partial charge in [-0.2, -0.15) is 5.26 Å². The maximum absolute atomic E-state index is 15.5. The zero-order chi connectivity index (χ0) is 58.7. The van der Waals surface area contributed by atoms with Gasteiger partial charge in [-0.05, 0) is 144 Å². The van der Waals surface area contributed by atoms with Crippen LogP contribution in [0.4, 0.5) is 17.1 Å². The van der Waals surface area contributed by atoms with E-state index in [1.165, 1.54) is 44.6 Å². The lowest BCUT2D eigenvalue weighted by Crippen LogP contribution is -2.34. The Bertz CT molecular complexity index is 3180. The molecule has 1 aromatic heterocycles. The summed E-state index contributed by atoms with van der Waals surface area (Å²) in [5.74, 6) is 0.702. The van der Waals surface area contributed by atoms with Gasteiger partial charge in [0.15, 0.2) is 0 Å². The summed E-state index contributed by atoms with van der Waals surface area (Å²) in [6.07, 6.45) is 18.6. The third-order valence-electron chi connectivity index (χ3n) is 16.2. The third kappa shape index (κ3) is 15.3. The van der Waals surface area contributed by atoms with Gasteiger partial charge in [0.05, 0.1) is 40.6 Å². The van der Waals surface area contributed by atoms with Crippen molar-refractivity contribution in [3.05, 3.63) is 166 Å². The predicted molar refractivity (Wildman–Crippen MR) is 341 cm³/mol. The van der Waals surface area contributed by atoms with E-state index in [0.29, 0.717) is 54.4 Å². The molecule has 0 aliphatic carbocycles. The normalized spacial score (nSPS) is 14.1. The van der Waals surface area contributed by atoms with Gasteiger partial charge in [0.2, 0.25) is 0 Å². The van der Waals surface area contributed by atoms with Crippen LogP contribution < -0.4 is 14.4 Å². The van der Waals surface area contributed by atoms with Gasteiger partial charge in [0.1, 0.15) is 23.1 Å². The maximum atomic E-state index is 15.5. The second kappa shape index (κ2) is 30.6. The number of amides is 2. The number of ether oxygens (including phenoxy) is 2. The Morgan fingerprint density at radius 3 is 1.41 bits per heavy atom. The van der Waals surface area contributed by atoms with Gasteiger partial charge in [0, 0.05) is 35.0 Å². The summed E-state index contributed by atoms with van der Waals surface area (Å²) in [4.78, 5) is 50.6. The number of carbonyl (C=O) groups is 3. The zero-order valence-corrected chi connectivity index (χ0v) is 50.6. The highest BCUT2D eigenvalue weighted by Crippen LogP contribution is 2.50. The SMILES string of the molecule is CCCCCCOc1ccc(N(c2ccc(OCCCCCC)cc2)c2ccc(-c3ccc(C4=C5C(=O)N(CC(CC)CCCC)C(c6ccc(-c7ccc(C=C(C#N)C(=O)O)cc7)cc6)=C5C(=O)N4CC(CC)CCCC)s3)cc2)cc1. The molecule has 2 aliphatic heterocycles. The number of thiophene rings is 1. The zero-order valence-electron chi connectivity index (χ0n) is 49.8. The molecule has 2 unspecified atom stereocenters. The van der Waals surface area contributed by atoms with Crippen LogP contribution in [0.5, 0.6) is 11.5 Å². The summed E-state index contributed by atoms with van der Waals surface area (Å²) in [6, 6.07) is 46.8. The first kappa shape index (κ1) is 61.4. The molecule has 0 saturated heterocycles. The van der Waals surface area contributed by atoms with Crippen molar-refractivity contribution in [3.8, 4) is 39.1 Å². The number of hydrogen-bond donors (Lipinski definition) is 1. The summed E-state index contributed by atoms with van der Waals surface area (Å²) in [6.45, 7) is 15.7. The molecule has 11 heteroatoms. The van der Waals surface area contributed by atoms with Crippen molar-refractivity contribution in [3.63, 3.8) is 0 Å². The number of anilines is 3. The number of hydrogen-bond acceptors (Lipinski definition) is 8. The van der Waals surface area contributed by atoms with Crippen molar-refractivity contribution in [2.75, 3.05) is 31.2 Å². The minimum atomic E-state index is -1.27. The number of unbranched alkanes of at least 4 members (excludes halogenated alkanes) is 8. The largest absolute Gasteiger partial charge is 0.494 e. The lowest BCUT2D eigenvalue weighted by Gasteiger charge is -2.29. The number of carbonyl (C=O) groups excluding carboxylic acids is 2. The molecule has 3 heterocycles. The van der Waals surface area contributed by atoms with Crippen molar-refractivity contribution in [1.82, 2.24) is 9.80 Å². The average molecular weight is 1130 g/mol. The third-order valence-corrected chi connectivity index (χ3v) is 17.3. The Morgan fingerprint density at radius 1 is 0.530 bits per heavy atom. The fourth-order valence-electron chi connectivity index (χ4n) is 11.2. The first-order chi connectivity index (χ1) is 40.5. The van der Waals surface area contributed by atoms with E-state index in [2.05, 4.69) is 131 Å². The minimum absolute atomic E-state index is 0.124. The second-order valence-corrected chi connectivity index (χ2v) is 23.2. The molecule has 10 nitrogen and oxygen atoms in total. The molecular formula is C72H84N4O6S. The van der Waals surface area contributed by atoms with E-state index in [9.17, 15) is 15.2 Å². The first-order valence-electron chi connectivity index (χ1n) is 30.7. The number of benzene rings is 5. The molecule has 83 heavy (non-hydrogen) atoms. The number of carboxylic acids is 1. The summed E-state index contributed by atoms with van der Waals surface area (Å²) in [5, 5.41) is 18.7. The molecule has 0 bridgehead atoms. The molecule has 0 spiro atoms. The van der Waals surface area contributed by atoms with Crippen LogP contribution in [0.25, 0.3) is 39.0 Å². The lowest BCUT2D eigenvalue weighted by molar-refractivity contribution is -0.132. The molecule has 2 aliphatic rings. The van der Waals surface area contributed by atoms with Gasteiger partial charge in [0.25, 0.3) is 11.8 Å². The van der Waals surface area contributed by atoms with Crippen molar-refractivity contribution in [1.29, 1.82) is 5.26 Å². The van der Waals surface area contributed by atoms with Crippen LogP contribution in [-0.2, 0) is 14.4 Å². The summed E-state index contributed by atoms with van der Waals surface area (Å²) >= 11 is 1.62. The Hall–Kier alpha value is -7.68. The first-order valence-corrected chi connectivity index (χ1v) is 31.5. The molecular weight excluding hydrogens is 1050 g/mol. The highest BCUT2D eigenvalue weighted by atomic mass is 32.1. The standard InChI is InChI=1S/C72H84N4O6S/c1-7-13-17-19-45-81-62-39-35-60(36-40-62)76(61-37-41-63(42-38-61)82-46-20-18-14-8-2)59-33-31-56(32-34-59)64-43-44-65(83-64)69-67-66(70(77)75(69)50-52(12-6)22-16-10-4)68(74(71(67)78)49-51(11-5)21-15-9-3)57-29-27-55(28-30-57)54-25-23-53(24-26-54)47-58(48-73)72(79)80/h23-44,47,51-52H,7-22,45-46,49-50H2,1-6H3,(H,79,80). The highest BCUT2D eigenvalue weighted by molar-refractivity contribution is 7.16. The van der Waals surface area contributed by atoms with Gasteiger partial charge in [-0.15, -0.1) is 11.3 Å². The van der Waals surface area contributed by atoms with Crippen molar-refractivity contribution in [2.24, 2.45) is 11.8 Å². The monoisotopic (exact) mass is 1130 g/mol. The number of fused-ring (bicyclic) bond motifs is 1. The smallest absolute Gasteiger partial charge is 0.346 e. The quantitative estimate of drug-likeness (QED) is 0.0246. The van der Waals surface area contributed by atoms with Crippen LogP contribution in [-0.4, -0.2) is 59.0 Å². The van der Waals surface area contributed by atoms with Crippen LogP contribution in [0, 0.1) is 23.2 Å². The van der Waals surface area contributed by atoms with Crippen LogP contribution in [0.15, 0.2) is 150 Å². The molecule has 6 aromatic rings. The van der Waals surface area contributed by atoms with Crippen LogP contribution in [0.2, 0.25) is 0 Å². The van der Waals surface area contributed by atoms with Gasteiger partial charge in [-0.25, -0.2) is 4.79 Å². The van der Waals surface area contributed by atoms with Crippen LogP contribution in [0.3, 0.4) is 0 Å². The van der Waals surface area contributed by atoms with Gasteiger partial charge < -0.3 is 29.3 Å². The van der Waals surface area contributed by atoms with Crippen molar-refractivity contribution < 1.29 is 29.0 Å². The number of aliphatic carboxylic acids is 1. The van der Waals surface area contributed by atoms with Crippen molar-refractivity contribution in [2.45, 2.75) is 144 Å². The summed E-state index contributed by atoms with van der Waals surface area (Å²) < 4.78 is 12.3. The molecule has 8 rings (SSSR count). The van der Waals surface area contributed by atoms with Crippen LogP contribution >= 0.6 is 11.3 Å². The number of carboxylic acid groups (broad SMARTS) is 1. The number of rotatable bonds is 33. The second-order valence-electron chi connectivity index (χ2n) is 22.1. The molecule has 2 amide bonds. The molecule has 0 radical (unpaired) electrons. The number of nitriles is 1. The number of nitrogens with zero attached hydrogens (tertiary/aromatic N) is 4. The van der Waals surface area contributed by atoms with E-state index in [-0.39, 0.29) is 29.2 Å². The molecule has 1 N–H and O–H groups in total. The van der Waals surface area contributed by atoms with E-state index in [1.807, 2.05) is 46.2 Å². The highest BCUT2D eigenvalue weighted by Gasteiger charge is 2.49. The summed E-state index contributed by atoms with van der Waals surface area (Å²) in [7, 11) is 0. The molecule has 0 saturated carbocycles. The van der Waals surface area contributed by atoms with Gasteiger partial charge in [-0.3, -0.25) is 9.59 Å². The minimum Gasteiger partial charge on any atom is -0.494 e. The van der Waals surface area contributed by atoms with Gasteiger partial charge in [-0.1, -0.05) is 179 Å². The molecule has 434 valence electrons. The molecule has 0 fully saturated rings. The topological polar surface area (TPSA) is 123 Å². The Kier molecular flexibility index (Phi) is 22.6. The predicted octanol–water partition coefficient (Wildman–Crippen LogP) is 18.7. The fraction of sp³-hybridized carbons (Fsp3) is 0.389. The van der Waals surface area contributed by atoms with E-state index in [4.69, 9.17) is 9.47 Å². The molecule has 2 atom stereocenters. The average Bonchev–Trinajstić information content (AvgIpc) is 2.33. The van der Waals surface area contributed by atoms with Crippen molar-refractivity contribution >= 4 is 63.7 Å². The van der Waals surface area contributed by atoms with Gasteiger partial charge >= 0.3 is 5.97 Å².